The van der Waals surface area contributed by atoms with Gasteiger partial charge in [-0.05, 0) is 42.3 Å². The van der Waals surface area contributed by atoms with Gasteiger partial charge in [0.25, 0.3) is 0 Å². The van der Waals surface area contributed by atoms with Gasteiger partial charge in [-0.3, -0.25) is 0 Å². The van der Waals surface area contributed by atoms with Crippen LogP contribution in [0, 0.1) is 0 Å². The lowest BCUT2D eigenvalue weighted by atomic mass is 9.98. The van der Waals surface area contributed by atoms with Gasteiger partial charge in [0, 0.05) is 12.1 Å². The molecule has 31 heavy (non-hydrogen) atoms. The number of rotatable bonds is 11. The average Bonchev–Trinajstić information content (AvgIpc) is 2.77. The fourth-order valence-electron chi connectivity index (χ4n) is 3.17. The van der Waals surface area contributed by atoms with Crippen LogP contribution in [0.25, 0.3) is 11.3 Å². The predicted octanol–water partition coefficient (Wildman–Crippen LogP) is 3.77. The first kappa shape index (κ1) is 23.7. The summed E-state index contributed by atoms with van der Waals surface area (Å²) in [5, 5.41) is 23.6. The zero-order valence-electron chi connectivity index (χ0n) is 18.4. The zero-order valence-corrected chi connectivity index (χ0v) is 18.4. The maximum absolute atomic E-state index is 12.4. The number of phenolic OH excluding ortho intramolecular Hbond substituents is 1. The number of hydrogen-bond donors (Lipinski definition) is 3. The molecule has 168 valence electrons. The normalized spacial score (nSPS) is 11.4. The molecule has 0 amide bonds. The van der Waals surface area contributed by atoms with Crippen molar-refractivity contribution in [1.29, 1.82) is 0 Å². The highest BCUT2D eigenvalue weighted by Gasteiger charge is 2.23. The van der Waals surface area contributed by atoms with E-state index in [9.17, 15) is 15.0 Å². The highest BCUT2D eigenvalue weighted by molar-refractivity contribution is 6.23. The van der Waals surface area contributed by atoms with Crippen molar-refractivity contribution in [1.82, 2.24) is 5.32 Å². The van der Waals surface area contributed by atoms with Gasteiger partial charge >= 0.3 is 5.97 Å². The van der Waals surface area contributed by atoms with E-state index in [1.165, 1.54) is 34.5 Å². The van der Waals surface area contributed by atoms with Gasteiger partial charge < -0.3 is 34.5 Å². The summed E-state index contributed by atoms with van der Waals surface area (Å²) in [6.45, 7) is 2.60. The molecule has 0 aliphatic rings. The number of benzene rings is 2. The van der Waals surface area contributed by atoms with Gasteiger partial charge in [-0.25, -0.2) is 4.79 Å². The molecule has 0 bridgehead atoms. The van der Waals surface area contributed by atoms with Gasteiger partial charge in [0.15, 0.2) is 23.0 Å². The molecule has 0 unspecified atom stereocenters. The second kappa shape index (κ2) is 11.0. The average molecular weight is 431 g/mol. The molecule has 0 atom stereocenters. The van der Waals surface area contributed by atoms with Crippen molar-refractivity contribution in [2.75, 3.05) is 35.0 Å². The first-order valence-electron chi connectivity index (χ1n) is 9.80. The van der Waals surface area contributed by atoms with Crippen molar-refractivity contribution in [2.24, 2.45) is 0 Å². The Labute approximate surface area is 182 Å². The van der Waals surface area contributed by atoms with Crippen LogP contribution in [0.5, 0.6) is 28.7 Å². The number of phenols is 1. The molecule has 0 heterocycles. The molecule has 2 rings (SSSR count). The van der Waals surface area contributed by atoms with Crippen LogP contribution in [0.4, 0.5) is 0 Å². The van der Waals surface area contributed by atoms with E-state index in [-0.39, 0.29) is 11.3 Å². The quantitative estimate of drug-likeness (QED) is 0.280. The summed E-state index contributed by atoms with van der Waals surface area (Å²) in [6.07, 6.45) is 1.77. The van der Waals surface area contributed by atoms with E-state index >= 15 is 0 Å². The molecule has 0 saturated carbocycles. The molecule has 2 aromatic rings. The topological polar surface area (TPSA) is 106 Å². The fourth-order valence-corrected chi connectivity index (χ4v) is 3.17. The van der Waals surface area contributed by atoms with Crippen LogP contribution >= 0.6 is 0 Å². The largest absolute Gasteiger partial charge is 0.504 e. The van der Waals surface area contributed by atoms with Crippen molar-refractivity contribution in [2.45, 2.75) is 19.8 Å². The lowest BCUT2D eigenvalue weighted by Gasteiger charge is -2.19. The lowest BCUT2D eigenvalue weighted by molar-refractivity contribution is -0.130. The lowest BCUT2D eigenvalue weighted by Crippen LogP contribution is -2.18. The number of carbonyl (C=O) groups is 1. The van der Waals surface area contributed by atoms with Crippen LogP contribution in [-0.2, 0) is 4.79 Å². The number of ether oxygens (including phenoxy) is 4. The van der Waals surface area contributed by atoms with E-state index in [1.807, 2.05) is 6.92 Å². The van der Waals surface area contributed by atoms with Crippen LogP contribution in [0.15, 0.2) is 30.3 Å². The molecule has 0 saturated heterocycles. The van der Waals surface area contributed by atoms with Crippen LogP contribution in [0.3, 0.4) is 0 Å². The minimum absolute atomic E-state index is 0.0000713. The summed E-state index contributed by atoms with van der Waals surface area (Å²) in [5.41, 5.74) is 1.21. The zero-order chi connectivity index (χ0) is 23.0. The molecular formula is C23H29NO7. The molecule has 0 aromatic heterocycles. The van der Waals surface area contributed by atoms with E-state index in [0.29, 0.717) is 46.4 Å². The van der Waals surface area contributed by atoms with Crippen molar-refractivity contribution in [3.05, 3.63) is 41.5 Å². The summed E-state index contributed by atoms with van der Waals surface area (Å²) >= 11 is 0. The van der Waals surface area contributed by atoms with Crippen molar-refractivity contribution >= 4 is 17.2 Å². The molecule has 2 aromatic carbocycles. The standard InChI is InChI=1S/C23H29NO7/c1-6-7-10-24-21(14-8-9-17(28-2)16(25)11-14)20(23(26)27)15-12-18(29-3)22(31-5)19(13-15)30-4/h8-9,11-13,24-25H,6-7,10H2,1-5H3,(H,26,27). The van der Waals surface area contributed by atoms with Gasteiger partial charge in [0.2, 0.25) is 5.75 Å². The fraction of sp³-hybridized carbons (Fsp3) is 0.348. The second-order valence-corrected chi connectivity index (χ2v) is 6.64. The number of aliphatic carboxylic acids is 1. The third-order valence-electron chi connectivity index (χ3n) is 4.72. The number of aromatic hydroxyl groups is 1. The molecule has 0 aliphatic heterocycles. The third-order valence-corrected chi connectivity index (χ3v) is 4.72. The molecule has 0 fully saturated rings. The third kappa shape index (κ3) is 5.33. The Hall–Kier alpha value is -3.55. The Kier molecular flexibility index (Phi) is 8.43. The maximum atomic E-state index is 12.4. The number of nitrogens with one attached hydrogen (secondary N) is 1. The summed E-state index contributed by atoms with van der Waals surface area (Å²) in [6, 6.07) is 7.90. The highest BCUT2D eigenvalue weighted by atomic mass is 16.5. The Morgan fingerprint density at radius 1 is 0.903 bits per heavy atom. The van der Waals surface area contributed by atoms with Crippen LogP contribution in [0.2, 0.25) is 0 Å². The summed E-state index contributed by atoms with van der Waals surface area (Å²) in [5.74, 6) is 0.0811. The molecule has 8 heteroatoms. The SMILES string of the molecule is CCCCNC(=C(C(=O)O)c1cc(OC)c(OC)c(OC)c1)c1ccc(OC)c(O)c1. The molecule has 0 radical (unpaired) electrons. The molecule has 0 spiro atoms. The second-order valence-electron chi connectivity index (χ2n) is 6.64. The van der Waals surface area contributed by atoms with Crippen LogP contribution in [0.1, 0.15) is 30.9 Å². The molecule has 0 aliphatic carbocycles. The van der Waals surface area contributed by atoms with E-state index in [2.05, 4.69) is 5.32 Å². The summed E-state index contributed by atoms with van der Waals surface area (Å²) in [7, 11) is 5.86. The van der Waals surface area contributed by atoms with E-state index in [0.717, 1.165) is 12.8 Å². The smallest absolute Gasteiger partial charge is 0.338 e. The summed E-state index contributed by atoms with van der Waals surface area (Å²) in [4.78, 5) is 12.4. The Morgan fingerprint density at radius 3 is 1.97 bits per heavy atom. The Morgan fingerprint density at radius 2 is 1.52 bits per heavy atom. The first-order valence-corrected chi connectivity index (χ1v) is 9.80. The number of hydrogen-bond acceptors (Lipinski definition) is 7. The molecule has 8 nitrogen and oxygen atoms in total. The van der Waals surface area contributed by atoms with Crippen molar-refractivity contribution in [3.8, 4) is 28.7 Å². The van der Waals surface area contributed by atoms with E-state index in [4.69, 9.17) is 18.9 Å². The highest BCUT2D eigenvalue weighted by Crippen LogP contribution is 2.41. The number of carboxylic acids is 1. The number of methoxy groups -OCH3 is 4. The molecular weight excluding hydrogens is 402 g/mol. The van der Waals surface area contributed by atoms with Gasteiger partial charge in [0.1, 0.15) is 0 Å². The van der Waals surface area contributed by atoms with Gasteiger partial charge in [-0.1, -0.05) is 13.3 Å². The Bertz CT molecular complexity index is 928. The van der Waals surface area contributed by atoms with Crippen LogP contribution in [-0.4, -0.2) is 51.2 Å². The van der Waals surface area contributed by atoms with Gasteiger partial charge in [-0.2, -0.15) is 0 Å². The van der Waals surface area contributed by atoms with Crippen molar-refractivity contribution < 1.29 is 34.0 Å². The van der Waals surface area contributed by atoms with Crippen LogP contribution < -0.4 is 24.3 Å². The monoisotopic (exact) mass is 431 g/mol. The Balaban J connectivity index is 2.79. The summed E-state index contributed by atoms with van der Waals surface area (Å²) < 4.78 is 21.2. The first-order chi connectivity index (χ1) is 14.9. The van der Waals surface area contributed by atoms with Gasteiger partial charge in [-0.15, -0.1) is 0 Å². The minimum atomic E-state index is -1.15. The minimum Gasteiger partial charge on any atom is -0.504 e. The van der Waals surface area contributed by atoms with E-state index in [1.54, 1.807) is 24.3 Å². The van der Waals surface area contributed by atoms with E-state index < -0.39 is 5.97 Å². The maximum Gasteiger partial charge on any atom is 0.338 e. The number of carboxylic acid groups (broad SMARTS) is 1. The molecule has 3 N–H and O–H groups in total. The predicted molar refractivity (Wildman–Crippen MR) is 118 cm³/mol. The van der Waals surface area contributed by atoms with Crippen molar-refractivity contribution in [3.63, 3.8) is 0 Å². The van der Waals surface area contributed by atoms with Gasteiger partial charge in [0.05, 0.1) is 39.7 Å². The number of unbranched alkanes of at least 4 members (excludes halogenated alkanes) is 1.